The van der Waals surface area contributed by atoms with Crippen molar-refractivity contribution in [3.63, 3.8) is 0 Å². The average molecular weight is 296 g/mol. The maximum absolute atomic E-state index is 12.9. The van der Waals surface area contributed by atoms with Gasteiger partial charge in [-0.15, -0.1) is 0 Å². The molecule has 1 N–H and O–H groups in total. The van der Waals surface area contributed by atoms with E-state index < -0.39 is 0 Å². The van der Waals surface area contributed by atoms with Crippen molar-refractivity contribution in [3.05, 3.63) is 0 Å². The number of unbranched alkanes of at least 4 members (excludes halogenated alkanes) is 2. The number of rotatable bonds is 8. The zero-order chi connectivity index (χ0) is 15.3. The van der Waals surface area contributed by atoms with Crippen LogP contribution in [0.15, 0.2) is 0 Å². The molecule has 0 bridgehead atoms. The molecule has 1 aliphatic carbocycles. The number of carbonyl (C=O) groups excluding carboxylic acids is 1. The van der Waals surface area contributed by atoms with Gasteiger partial charge in [0.05, 0.1) is 11.7 Å². The maximum atomic E-state index is 12.9. The number of nitrogens with zero attached hydrogens (tertiary/aromatic N) is 1. The Labute approximate surface area is 129 Å². The molecule has 1 unspecified atom stereocenters. The first-order chi connectivity index (χ1) is 10.1. The summed E-state index contributed by atoms with van der Waals surface area (Å²) in [6, 6.07) is 0. The van der Waals surface area contributed by atoms with Crippen LogP contribution in [0.5, 0.6) is 0 Å². The van der Waals surface area contributed by atoms with E-state index in [1.807, 2.05) is 0 Å². The molecular weight excluding hydrogens is 264 g/mol. The molecule has 4 nitrogen and oxygen atoms in total. The van der Waals surface area contributed by atoms with Crippen LogP contribution in [0, 0.1) is 5.92 Å². The second kappa shape index (κ2) is 7.59. The van der Waals surface area contributed by atoms with Crippen molar-refractivity contribution in [1.29, 1.82) is 0 Å². The fraction of sp³-hybridized carbons (Fsp3) is 0.941. The summed E-state index contributed by atoms with van der Waals surface area (Å²) in [5.74, 6) is 0.986. The molecule has 1 amide bonds. The van der Waals surface area contributed by atoms with Gasteiger partial charge in [-0.3, -0.25) is 10.1 Å². The van der Waals surface area contributed by atoms with Crippen LogP contribution in [-0.4, -0.2) is 42.8 Å². The second-order valence-electron chi connectivity index (χ2n) is 7.13. The summed E-state index contributed by atoms with van der Waals surface area (Å²) in [7, 11) is 1.75. The van der Waals surface area contributed by atoms with E-state index in [1.165, 1.54) is 12.8 Å². The van der Waals surface area contributed by atoms with Crippen molar-refractivity contribution in [1.82, 2.24) is 10.2 Å². The highest BCUT2D eigenvalue weighted by Crippen LogP contribution is 2.37. The van der Waals surface area contributed by atoms with Crippen molar-refractivity contribution >= 4 is 5.91 Å². The Morgan fingerprint density at radius 1 is 1.29 bits per heavy atom. The Kier molecular flexibility index (Phi) is 6.06. The van der Waals surface area contributed by atoms with Gasteiger partial charge in [-0.2, -0.15) is 0 Å². The maximum Gasteiger partial charge on any atom is 0.244 e. The number of methoxy groups -OCH3 is 1. The minimum atomic E-state index is -0.216. The first-order valence-electron chi connectivity index (χ1n) is 8.67. The quantitative estimate of drug-likeness (QED) is 0.700. The van der Waals surface area contributed by atoms with E-state index in [1.54, 1.807) is 7.11 Å². The van der Waals surface area contributed by atoms with Gasteiger partial charge in [-0.1, -0.05) is 26.7 Å². The van der Waals surface area contributed by atoms with Gasteiger partial charge < -0.3 is 9.64 Å². The highest BCUT2D eigenvalue weighted by Gasteiger charge is 2.51. The zero-order valence-electron chi connectivity index (χ0n) is 14.0. The lowest BCUT2D eigenvalue weighted by Gasteiger charge is -2.25. The largest absolute Gasteiger partial charge is 0.385 e. The predicted octanol–water partition coefficient (Wildman–Crippen LogP) is 2.92. The lowest BCUT2D eigenvalue weighted by Crippen LogP contribution is -2.44. The topological polar surface area (TPSA) is 41.6 Å². The van der Waals surface area contributed by atoms with E-state index in [2.05, 4.69) is 24.1 Å². The summed E-state index contributed by atoms with van der Waals surface area (Å²) in [4.78, 5) is 15.0. The number of hydrogen-bond donors (Lipinski definition) is 1. The molecule has 1 atom stereocenters. The number of carbonyl (C=O) groups is 1. The molecule has 0 aromatic heterocycles. The van der Waals surface area contributed by atoms with Crippen LogP contribution in [0.1, 0.15) is 65.2 Å². The van der Waals surface area contributed by atoms with Crippen molar-refractivity contribution in [3.8, 4) is 0 Å². The number of amides is 1. The Morgan fingerprint density at radius 3 is 2.62 bits per heavy atom. The van der Waals surface area contributed by atoms with Gasteiger partial charge in [0.25, 0.3) is 0 Å². The van der Waals surface area contributed by atoms with Gasteiger partial charge >= 0.3 is 0 Å². The molecular formula is C17H32N2O2. The van der Waals surface area contributed by atoms with Gasteiger partial charge in [0.15, 0.2) is 0 Å². The summed E-state index contributed by atoms with van der Waals surface area (Å²) in [6.45, 7) is 6.20. The monoisotopic (exact) mass is 296 g/mol. The highest BCUT2D eigenvalue weighted by molar-refractivity contribution is 5.89. The second-order valence-corrected chi connectivity index (χ2v) is 7.13. The third-order valence-electron chi connectivity index (χ3n) is 4.89. The van der Waals surface area contributed by atoms with E-state index in [9.17, 15) is 4.79 Å². The van der Waals surface area contributed by atoms with Gasteiger partial charge in [0, 0.05) is 20.3 Å². The Bertz CT molecular complexity index is 338. The van der Waals surface area contributed by atoms with E-state index in [4.69, 9.17) is 4.74 Å². The van der Waals surface area contributed by atoms with Crippen molar-refractivity contribution in [2.45, 2.75) is 76.9 Å². The number of ether oxygens (including phenoxy) is 1. The summed E-state index contributed by atoms with van der Waals surface area (Å²) < 4.78 is 5.09. The molecule has 0 aromatic carbocycles. The normalized spacial score (nSPS) is 24.7. The fourth-order valence-electron chi connectivity index (χ4n) is 3.81. The Morgan fingerprint density at radius 2 is 2.00 bits per heavy atom. The van der Waals surface area contributed by atoms with E-state index >= 15 is 0 Å². The summed E-state index contributed by atoms with van der Waals surface area (Å²) >= 11 is 0. The molecule has 2 rings (SSSR count). The SMILES string of the molecule is COCCCCCN1C(=O)C2(CCCC2)NC1CC(C)C. The predicted molar refractivity (Wildman–Crippen MR) is 85.0 cm³/mol. The van der Waals surface area contributed by atoms with Gasteiger partial charge in [0.2, 0.25) is 5.91 Å². The van der Waals surface area contributed by atoms with Crippen LogP contribution in [0.3, 0.4) is 0 Å². The van der Waals surface area contributed by atoms with Crippen LogP contribution >= 0.6 is 0 Å². The van der Waals surface area contributed by atoms with Gasteiger partial charge in [-0.25, -0.2) is 0 Å². The summed E-state index contributed by atoms with van der Waals surface area (Å²) in [5.41, 5.74) is -0.216. The summed E-state index contributed by atoms with van der Waals surface area (Å²) in [5, 5.41) is 3.70. The molecule has 1 aliphatic heterocycles. The van der Waals surface area contributed by atoms with Gasteiger partial charge in [0.1, 0.15) is 0 Å². The minimum absolute atomic E-state index is 0.216. The van der Waals surface area contributed by atoms with Crippen molar-refractivity contribution in [2.24, 2.45) is 5.92 Å². The molecule has 1 heterocycles. The molecule has 1 saturated carbocycles. The fourth-order valence-corrected chi connectivity index (χ4v) is 3.81. The standard InChI is InChI=1S/C17H32N2O2/c1-14(2)13-15-18-17(9-5-6-10-17)16(20)19(15)11-7-4-8-12-21-3/h14-15,18H,4-13H2,1-3H3. The minimum Gasteiger partial charge on any atom is -0.385 e. The Balaban J connectivity index is 1.92. The van der Waals surface area contributed by atoms with Crippen molar-refractivity contribution in [2.75, 3.05) is 20.3 Å². The van der Waals surface area contributed by atoms with E-state index in [-0.39, 0.29) is 11.7 Å². The zero-order valence-corrected chi connectivity index (χ0v) is 14.0. The number of nitrogens with one attached hydrogen (secondary N) is 1. The molecule has 0 aromatic rings. The van der Waals surface area contributed by atoms with Crippen molar-refractivity contribution < 1.29 is 9.53 Å². The molecule has 4 heteroatoms. The van der Waals surface area contributed by atoms with Crippen LogP contribution in [0.25, 0.3) is 0 Å². The first-order valence-corrected chi connectivity index (χ1v) is 8.67. The van der Waals surface area contributed by atoms with Gasteiger partial charge in [-0.05, 0) is 44.4 Å². The van der Waals surface area contributed by atoms with Crippen LogP contribution in [-0.2, 0) is 9.53 Å². The first kappa shape index (κ1) is 16.8. The van der Waals surface area contributed by atoms with Crippen LogP contribution in [0.4, 0.5) is 0 Å². The molecule has 1 saturated heterocycles. The molecule has 1 spiro atoms. The van der Waals surface area contributed by atoms with Crippen LogP contribution < -0.4 is 5.32 Å². The van der Waals surface area contributed by atoms with E-state index in [0.29, 0.717) is 11.8 Å². The van der Waals surface area contributed by atoms with Crippen LogP contribution in [0.2, 0.25) is 0 Å². The number of hydrogen-bond acceptors (Lipinski definition) is 3. The average Bonchev–Trinajstić information content (AvgIpc) is 2.99. The highest BCUT2D eigenvalue weighted by atomic mass is 16.5. The molecule has 2 fully saturated rings. The smallest absolute Gasteiger partial charge is 0.244 e. The summed E-state index contributed by atoms with van der Waals surface area (Å²) in [6.07, 6.45) is 9.06. The molecule has 122 valence electrons. The molecule has 0 radical (unpaired) electrons. The molecule has 21 heavy (non-hydrogen) atoms. The third-order valence-corrected chi connectivity index (χ3v) is 4.89. The Hall–Kier alpha value is -0.610. The lowest BCUT2D eigenvalue weighted by molar-refractivity contribution is -0.133. The van der Waals surface area contributed by atoms with E-state index in [0.717, 1.165) is 51.7 Å². The molecule has 2 aliphatic rings. The third kappa shape index (κ3) is 3.98. The lowest BCUT2D eigenvalue weighted by atomic mass is 9.98.